The number of benzene rings is 1. The van der Waals surface area contributed by atoms with E-state index in [2.05, 4.69) is 15.3 Å². The van der Waals surface area contributed by atoms with Crippen molar-refractivity contribution in [3.05, 3.63) is 65.6 Å². The topological polar surface area (TPSA) is 37.8 Å². The van der Waals surface area contributed by atoms with Crippen LogP contribution in [0.4, 0.5) is 14.5 Å². The fourth-order valence-electron chi connectivity index (χ4n) is 2.20. The molecule has 0 aliphatic heterocycles. The number of anilines is 1. The second-order valence-corrected chi connectivity index (χ2v) is 4.74. The lowest BCUT2D eigenvalue weighted by atomic mass is 10.1. The molecule has 3 aromatic rings. The molecule has 0 saturated carbocycles. The number of nitrogens with zero attached hydrogens (tertiary/aromatic N) is 2. The summed E-state index contributed by atoms with van der Waals surface area (Å²) in [7, 11) is 0. The van der Waals surface area contributed by atoms with Crippen LogP contribution in [0.5, 0.6) is 0 Å². The van der Waals surface area contributed by atoms with Gasteiger partial charge in [-0.3, -0.25) is 4.98 Å². The minimum atomic E-state index is -0.919. The monoisotopic (exact) mass is 285 g/mol. The van der Waals surface area contributed by atoms with Gasteiger partial charge in [-0.25, -0.2) is 13.8 Å². The SMILES string of the molecule is Cc1cc(NCc2ccccn2)c2ccc(F)c(F)c2n1. The Hall–Kier alpha value is -2.56. The molecule has 0 bridgehead atoms. The molecule has 1 N–H and O–H groups in total. The summed E-state index contributed by atoms with van der Waals surface area (Å²) in [5, 5.41) is 3.75. The maximum atomic E-state index is 13.8. The molecule has 0 aliphatic rings. The van der Waals surface area contributed by atoms with Crippen molar-refractivity contribution >= 4 is 16.6 Å². The number of rotatable bonds is 3. The summed E-state index contributed by atoms with van der Waals surface area (Å²) in [6.45, 7) is 2.24. The Morgan fingerprint density at radius 2 is 2.00 bits per heavy atom. The van der Waals surface area contributed by atoms with Crippen molar-refractivity contribution in [2.24, 2.45) is 0 Å². The van der Waals surface area contributed by atoms with Crippen LogP contribution in [0.25, 0.3) is 10.9 Å². The molecule has 1 aromatic carbocycles. The Kier molecular flexibility index (Phi) is 3.48. The Morgan fingerprint density at radius 1 is 1.14 bits per heavy atom. The van der Waals surface area contributed by atoms with E-state index < -0.39 is 11.6 Å². The highest BCUT2D eigenvalue weighted by atomic mass is 19.2. The van der Waals surface area contributed by atoms with Crippen LogP contribution in [0.1, 0.15) is 11.4 Å². The molecule has 0 aliphatic carbocycles. The molecular weight excluding hydrogens is 272 g/mol. The van der Waals surface area contributed by atoms with Crippen molar-refractivity contribution in [2.45, 2.75) is 13.5 Å². The molecule has 106 valence electrons. The average molecular weight is 285 g/mol. The molecule has 0 atom stereocenters. The van der Waals surface area contributed by atoms with Crippen molar-refractivity contribution in [3.8, 4) is 0 Å². The Balaban J connectivity index is 2.00. The van der Waals surface area contributed by atoms with Crippen LogP contribution >= 0.6 is 0 Å². The number of aryl methyl sites for hydroxylation is 1. The van der Waals surface area contributed by atoms with Crippen LogP contribution in [-0.2, 0) is 6.54 Å². The number of halogens is 2. The Bertz CT molecular complexity index is 788. The fraction of sp³-hybridized carbons (Fsp3) is 0.125. The van der Waals surface area contributed by atoms with Gasteiger partial charge in [-0.15, -0.1) is 0 Å². The molecule has 0 spiro atoms. The molecule has 5 heteroatoms. The van der Waals surface area contributed by atoms with Gasteiger partial charge >= 0.3 is 0 Å². The van der Waals surface area contributed by atoms with E-state index in [1.165, 1.54) is 6.07 Å². The van der Waals surface area contributed by atoms with Crippen molar-refractivity contribution in [1.29, 1.82) is 0 Å². The third-order valence-corrected chi connectivity index (χ3v) is 3.19. The summed E-state index contributed by atoms with van der Waals surface area (Å²) < 4.78 is 27.2. The Morgan fingerprint density at radius 3 is 2.76 bits per heavy atom. The lowest BCUT2D eigenvalue weighted by molar-refractivity contribution is 0.515. The van der Waals surface area contributed by atoms with Crippen LogP contribution in [-0.4, -0.2) is 9.97 Å². The molecule has 0 unspecified atom stereocenters. The zero-order valence-corrected chi connectivity index (χ0v) is 11.4. The number of pyridine rings is 2. The number of hydrogen-bond acceptors (Lipinski definition) is 3. The van der Waals surface area contributed by atoms with Gasteiger partial charge in [0.05, 0.1) is 12.2 Å². The zero-order valence-electron chi connectivity index (χ0n) is 11.4. The van der Waals surface area contributed by atoms with Crippen molar-refractivity contribution in [1.82, 2.24) is 9.97 Å². The molecule has 0 radical (unpaired) electrons. The number of aromatic nitrogens is 2. The largest absolute Gasteiger partial charge is 0.379 e. The summed E-state index contributed by atoms with van der Waals surface area (Å²) >= 11 is 0. The van der Waals surface area contributed by atoms with E-state index in [1.807, 2.05) is 24.3 Å². The molecule has 2 heterocycles. The average Bonchev–Trinajstić information content (AvgIpc) is 2.50. The summed E-state index contributed by atoms with van der Waals surface area (Å²) in [5.74, 6) is -1.81. The van der Waals surface area contributed by atoms with E-state index >= 15 is 0 Å². The maximum absolute atomic E-state index is 13.8. The second-order valence-electron chi connectivity index (χ2n) is 4.74. The van der Waals surface area contributed by atoms with Crippen molar-refractivity contribution in [3.63, 3.8) is 0 Å². The molecule has 0 saturated heterocycles. The first kappa shape index (κ1) is 13.4. The number of nitrogens with one attached hydrogen (secondary N) is 1. The third kappa shape index (κ3) is 2.67. The smallest absolute Gasteiger partial charge is 0.185 e. The van der Waals surface area contributed by atoms with Gasteiger partial charge in [-0.1, -0.05) is 6.07 Å². The predicted octanol–water partition coefficient (Wildman–Crippen LogP) is 3.83. The first-order valence-corrected chi connectivity index (χ1v) is 6.54. The highest BCUT2D eigenvalue weighted by Gasteiger charge is 2.12. The molecular formula is C16H13F2N3. The van der Waals surface area contributed by atoms with Crippen LogP contribution < -0.4 is 5.32 Å². The second kappa shape index (κ2) is 5.44. The van der Waals surface area contributed by atoms with Gasteiger partial charge in [0.15, 0.2) is 11.6 Å². The van der Waals surface area contributed by atoms with Gasteiger partial charge in [0.2, 0.25) is 0 Å². The van der Waals surface area contributed by atoms with Crippen LogP contribution in [0.15, 0.2) is 42.6 Å². The third-order valence-electron chi connectivity index (χ3n) is 3.19. The molecule has 0 fully saturated rings. The molecule has 21 heavy (non-hydrogen) atoms. The highest BCUT2D eigenvalue weighted by molar-refractivity contribution is 5.91. The Labute approximate surface area is 120 Å². The minimum absolute atomic E-state index is 0.0403. The van der Waals surface area contributed by atoms with Crippen LogP contribution in [0, 0.1) is 18.6 Å². The first-order valence-electron chi connectivity index (χ1n) is 6.54. The molecule has 3 rings (SSSR count). The maximum Gasteiger partial charge on any atom is 0.185 e. The van der Waals surface area contributed by atoms with Crippen molar-refractivity contribution < 1.29 is 8.78 Å². The quantitative estimate of drug-likeness (QED) is 0.794. The number of fused-ring (bicyclic) bond motifs is 1. The first-order chi connectivity index (χ1) is 10.1. The standard InChI is InChI=1S/C16H13F2N3/c1-10-8-14(20-9-11-4-2-3-7-19-11)12-5-6-13(17)15(18)16(12)21-10/h2-8H,9H2,1H3,(H,20,21). The minimum Gasteiger partial charge on any atom is -0.379 e. The van der Waals surface area contributed by atoms with Crippen molar-refractivity contribution in [2.75, 3.05) is 5.32 Å². The van der Waals surface area contributed by atoms with E-state index in [-0.39, 0.29) is 5.52 Å². The van der Waals surface area contributed by atoms with Crippen LogP contribution in [0.2, 0.25) is 0 Å². The molecule has 3 nitrogen and oxygen atoms in total. The number of hydrogen-bond donors (Lipinski definition) is 1. The van der Waals surface area contributed by atoms with E-state index in [1.54, 1.807) is 13.1 Å². The van der Waals surface area contributed by atoms with Gasteiger partial charge < -0.3 is 5.32 Å². The van der Waals surface area contributed by atoms with E-state index in [0.29, 0.717) is 23.3 Å². The normalized spacial score (nSPS) is 10.8. The zero-order chi connectivity index (χ0) is 14.8. The van der Waals surface area contributed by atoms with Crippen LogP contribution in [0.3, 0.4) is 0 Å². The van der Waals surface area contributed by atoms with Gasteiger partial charge in [0.1, 0.15) is 5.52 Å². The predicted molar refractivity (Wildman–Crippen MR) is 78.0 cm³/mol. The summed E-state index contributed by atoms with van der Waals surface area (Å²) in [6.07, 6.45) is 1.71. The summed E-state index contributed by atoms with van der Waals surface area (Å²) in [4.78, 5) is 8.30. The van der Waals surface area contributed by atoms with E-state index in [9.17, 15) is 8.78 Å². The summed E-state index contributed by atoms with van der Waals surface area (Å²) in [5.41, 5.74) is 2.23. The van der Waals surface area contributed by atoms with Gasteiger partial charge in [0, 0.05) is 23.0 Å². The van der Waals surface area contributed by atoms with Gasteiger partial charge in [-0.2, -0.15) is 0 Å². The fourth-order valence-corrected chi connectivity index (χ4v) is 2.20. The van der Waals surface area contributed by atoms with Gasteiger partial charge in [-0.05, 0) is 37.3 Å². The molecule has 2 aromatic heterocycles. The highest BCUT2D eigenvalue weighted by Crippen LogP contribution is 2.26. The lowest BCUT2D eigenvalue weighted by Gasteiger charge is -2.11. The summed E-state index contributed by atoms with van der Waals surface area (Å²) in [6, 6.07) is 10.1. The lowest BCUT2D eigenvalue weighted by Crippen LogP contribution is -2.03. The molecule has 0 amide bonds. The van der Waals surface area contributed by atoms with Gasteiger partial charge in [0.25, 0.3) is 0 Å². The van der Waals surface area contributed by atoms with E-state index in [0.717, 1.165) is 11.8 Å². The van der Waals surface area contributed by atoms with E-state index in [4.69, 9.17) is 0 Å².